The van der Waals surface area contributed by atoms with Crippen molar-refractivity contribution in [2.24, 2.45) is 0 Å². The standard InChI is InChI=1S/C33H24O2/c1-32(34)28-19-17-23-20-21-33(24-11-4-2-5-12-24,25-13-6-3-7-14-25)35-31(23)29(28)27-18-16-22-10-8-9-15-26(22)30(27)32/h2-21,34H,1H3. The normalized spacial score (nSPS) is 19.0. The number of aliphatic hydroxyl groups is 1. The predicted octanol–water partition coefficient (Wildman–Crippen LogP) is 7.43. The lowest BCUT2D eigenvalue weighted by molar-refractivity contribution is 0.108. The van der Waals surface area contributed by atoms with Crippen molar-refractivity contribution >= 4 is 16.8 Å². The Kier molecular flexibility index (Phi) is 4.15. The van der Waals surface area contributed by atoms with Crippen LogP contribution in [0.1, 0.15) is 34.7 Å². The molecule has 5 aromatic carbocycles. The van der Waals surface area contributed by atoms with Crippen molar-refractivity contribution in [2.45, 2.75) is 18.1 Å². The molecule has 7 rings (SSSR count). The zero-order valence-electron chi connectivity index (χ0n) is 19.4. The molecule has 0 aromatic heterocycles. The van der Waals surface area contributed by atoms with Gasteiger partial charge in [-0.1, -0.05) is 115 Å². The van der Waals surface area contributed by atoms with E-state index in [-0.39, 0.29) is 0 Å². The maximum atomic E-state index is 11.9. The van der Waals surface area contributed by atoms with Crippen LogP contribution in [0.2, 0.25) is 0 Å². The summed E-state index contributed by atoms with van der Waals surface area (Å²) in [6, 6.07) is 37.4. The first kappa shape index (κ1) is 20.3. The number of fused-ring (bicyclic) bond motifs is 7. The molecule has 2 heteroatoms. The molecule has 0 spiro atoms. The molecule has 0 saturated heterocycles. The van der Waals surface area contributed by atoms with Gasteiger partial charge in [0.25, 0.3) is 0 Å². The van der Waals surface area contributed by atoms with Gasteiger partial charge in [0.1, 0.15) is 11.4 Å². The highest BCUT2D eigenvalue weighted by Crippen LogP contribution is 2.56. The van der Waals surface area contributed by atoms with Gasteiger partial charge in [-0.3, -0.25) is 0 Å². The molecule has 1 heterocycles. The highest BCUT2D eigenvalue weighted by Gasteiger charge is 2.44. The second-order valence-corrected chi connectivity index (χ2v) is 9.59. The summed E-state index contributed by atoms with van der Waals surface area (Å²) >= 11 is 0. The third-order valence-corrected chi connectivity index (χ3v) is 7.56. The van der Waals surface area contributed by atoms with Gasteiger partial charge in [0.2, 0.25) is 0 Å². The molecule has 0 amide bonds. The molecule has 1 N–H and O–H groups in total. The summed E-state index contributed by atoms with van der Waals surface area (Å²) < 4.78 is 7.10. The fourth-order valence-corrected chi connectivity index (χ4v) is 5.90. The number of hydrogen-bond donors (Lipinski definition) is 1. The van der Waals surface area contributed by atoms with Gasteiger partial charge in [-0.05, 0) is 34.9 Å². The molecule has 2 nitrogen and oxygen atoms in total. The summed E-state index contributed by atoms with van der Waals surface area (Å²) in [6.45, 7) is 1.90. The molecule has 1 unspecified atom stereocenters. The lowest BCUT2D eigenvalue weighted by atomic mass is 9.83. The quantitative estimate of drug-likeness (QED) is 0.302. The Bertz CT molecular complexity index is 1590. The summed E-state index contributed by atoms with van der Waals surface area (Å²) in [7, 11) is 0. The zero-order chi connectivity index (χ0) is 23.6. The van der Waals surface area contributed by atoms with Crippen LogP contribution in [0.5, 0.6) is 5.75 Å². The van der Waals surface area contributed by atoms with Crippen molar-refractivity contribution < 1.29 is 9.84 Å². The lowest BCUT2D eigenvalue weighted by Crippen LogP contribution is -2.34. The van der Waals surface area contributed by atoms with Crippen molar-refractivity contribution in [2.75, 3.05) is 0 Å². The molecule has 5 aromatic rings. The third-order valence-electron chi connectivity index (χ3n) is 7.56. The molecule has 0 fully saturated rings. The van der Waals surface area contributed by atoms with Gasteiger partial charge >= 0.3 is 0 Å². The molecule has 0 saturated carbocycles. The molecular weight excluding hydrogens is 428 g/mol. The highest BCUT2D eigenvalue weighted by molar-refractivity contribution is 5.99. The predicted molar refractivity (Wildman–Crippen MR) is 141 cm³/mol. The van der Waals surface area contributed by atoms with Gasteiger partial charge in [0.15, 0.2) is 5.60 Å². The molecular formula is C33H24O2. The maximum absolute atomic E-state index is 11.9. The second kappa shape index (κ2) is 7.18. The topological polar surface area (TPSA) is 29.5 Å². The minimum atomic E-state index is -1.12. The maximum Gasteiger partial charge on any atom is 0.178 e. The molecule has 1 atom stereocenters. The fourth-order valence-electron chi connectivity index (χ4n) is 5.90. The van der Waals surface area contributed by atoms with Crippen LogP contribution in [-0.4, -0.2) is 5.11 Å². The van der Waals surface area contributed by atoms with Gasteiger partial charge < -0.3 is 9.84 Å². The van der Waals surface area contributed by atoms with E-state index in [9.17, 15) is 5.11 Å². The average Bonchev–Trinajstić information content (AvgIpc) is 3.16. The van der Waals surface area contributed by atoms with E-state index in [0.29, 0.717) is 0 Å². The van der Waals surface area contributed by atoms with Crippen LogP contribution in [0.4, 0.5) is 0 Å². The zero-order valence-corrected chi connectivity index (χ0v) is 19.4. The Labute approximate surface area is 204 Å². The van der Waals surface area contributed by atoms with E-state index in [0.717, 1.165) is 55.5 Å². The van der Waals surface area contributed by atoms with E-state index in [2.05, 4.69) is 72.8 Å². The molecule has 1 aliphatic heterocycles. The first-order chi connectivity index (χ1) is 17.1. The SMILES string of the molecule is CC1(O)c2ccc3c(c2-c2ccc4ccccc4c21)OC(c1ccccc1)(c1ccccc1)C=C3. The minimum Gasteiger partial charge on any atom is -0.472 e. The van der Waals surface area contributed by atoms with Crippen LogP contribution in [0.25, 0.3) is 28.0 Å². The van der Waals surface area contributed by atoms with E-state index in [1.54, 1.807) is 0 Å². The third kappa shape index (κ3) is 2.75. The minimum absolute atomic E-state index is 0.768. The van der Waals surface area contributed by atoms with Gasteiger partial charge in [-0.15, -0.1) is 0 Å². The Balaban J connectivity index is 1.52. The largest absolute Gasteiger partial charge is 0.472 e. The second-order valence-electron chi connectivity index (χ2n) is 9.59. The van der Waals surface area contributed by atoms with Crippen LogP contribution in [-0.2, 0) is 11.2 Å². The van der Waals surface area contributed by atoms with E-state index >= 15 is 0 Å². The van der Waals surface area contributed by atoms with Crippen LogP contribution in [0.3, 0.4) is 0 Å². The highest BCUT2D eigenvalue weighted by atomic mass is 16.5. The molecule has 168 valence electrons. The number of ether oxygens (including phenoxy) is 1. The number of benzene rings is 5. The summed E-state index contributed by atoms with van der Waals surface area (Å²) in [5.41, 5.74) is 5.10. The molecule has 2 aliphatic rings. The Hall–Kier alpha value is -4.14. The summed E-state index contributed by atoms with van der Waals surface area (Å²) in [4.78, 5) is 0. The fraction of sp³-hybridized carbons (Fsp3) is 0.0909. The van der Waals surface area contributed by atoms with Gasteiger partial charge in [0.05, 0.1) is 0 Å². The van der Waals surface area contributed by atoms with Crippen molar-refractivity contribution in [1.82, 2.24) is 0 Å². The van der Waals surface area contributed by atoms with Crippen LogP contribution in [0, 0.1) is 0 Å². The average molecular weight is 453 g/mol. The lowest BCUT2D eigenvalue weighted by Gasteiger charge is -2.37. The Morgan fingerprint density at radius 1 is 0.686 bits per heavy atom. The van der Waals surface area contributed by atoms with E-state index in [1.165, 1.54) is 0 Å². The van der Waals surface area contributed by atoms with Crippen molar-refractivity contribution in [3.63, 3.8) is 0 Å². The van der Waals surface area contributed by atoms with Crippen LogP contribution in [0.15, 0.2) is 115 Å². The van der Waals surface area contributed by atoms with Crippen molar-refractivity contribution in [3.8, 4) is 16.9 Å². The molecule has 0 radical (unpaired) electrons. The number of rotatable bonds is 2. The number of hydrogen-bond acceptors (Lipinski definition) is 2. The van der Waals surface area contributed by atoms with Gasteiger partial charge in [0, 0.05) is 27.8 Å². The first-order valence-electron chi connectivity index (χ1n) is 12.0. The van der Waals surface area contributed by atoms with E-state index in [1.807, 2.05) is 55.5 Å². The Morgan fingerprint density at radius 3 is 2.06 bits per heavy atom. The van der Waals surface area contributed by atoms with Crippen molar-refractivity contribution in [1.29, 1.82) is 0 Å². The van der Waals surface area contributed by atoms with E-state index < -0.39 is 11.2 Å². The van der Waals surface area contributed by atoms with Gasteiger partial charge in [-0.25, -0.2) is 0 Å². The molecule has 0 bridgehead atoms. The summed E-state index contributed by atoms with van der Waals surface area (Å²) in [5, 5.41) is 14.1. The van der Waals surface area contributed by atoms with Gasteiger partial charge in [-0.2, -0.15) is 0 Å². The first-order valence-corrected chi connectivity index (χ1v) is 12.0. The smallest absolute Gasteiger partial charge is 0.178 e. The summed E-state index contributed by atoms with van der Waals surface area (Å²) in [6.07, 6.45) is 4.31. The molecule has 35 heavy (non-hydrogen) atoms. The van der Waals surface area contributed by atoms with Crippen LogP contribution >= 0.6 is 0 Å². The summed E-state index contributed by atoms with van der Waals surface area (Å²) in [5.74, 6) is 0.812. The monoisotopic (exact) mass is 452 g/mol. The molecule has 1 aliphatic carbocycles. The van der Waals surface area contributed by atoms with Crippen molar-refractivity contribution in [3.05, 3.63) is 143 Å². The Morgan fingerprint density at radius 2 is 1.34 bits per heavy atom. The van der Waals surface area contributed by atoms with Crippen LogP contribution < -0.4 is 4.74 Å². The van der Waals surface area contributed by atoms with E-state index in [4.69, 9.17) is 4.74 Å².